The van der Waals surface area contributed by atoms with E-state index in [-0.39, 0.29) is 11.6 Å². The maximum atomic E-state index is 12.4. The van der Waals surface area contributed by atoms with Gasteiger partial charge in [-0.25, -0.2) is 9.78 Å². The largest absolute Gasteiger partial charge is 0.478 e. The molecule has 0 bridgehead atoms. The highest BCUT2D eigenvalue weighted by Gasteiger charge is 2.16. The Labute approximate surface area is 125 Å². The van der Waals surface area contributed by atoms with Crippen molar-refractivity contribution in [3.8, 4) is 0 Å². The van der Waals surface area contributed by atoms with Crippen LogP contribution < -0.4 is 0 Å². The van der Waals surface area contributed by atoms with Crippen molar-refractivity contribution in [3.05, 3.63) is 52.2 Å². The first-order chi connectivity index (χ1) is 10.1. The second-order valence-corrected chi connectivity index (χ2v) is 4.97. The minimum atomic E-state index is -1.08. The number of aliphatic carboxylic acids is 1. The normalized spacial score (nSPS) is 10.7. The van der Waals surface area contributed by atoms with Crippen molar-refractivity contribution < 1.29 is 14.7 Å². The molecular weight excluding hydrogens is 290 g/mol. The molecule has 0 spiro atoms. The second-order valence-electron chi connectivity index (χ2n) is 4.25. The SMILES string of the molecule is CN(Cc1cscn1)C(=O)c1ncccc1/C=C/C(=O)O. The molecule has 108 valence electrons. The van der Waals surface area contributed by atoms with Gasteiger partial charge in [-0.1, -0.05) is 6.07 Å². The van der Waals surface area contributed by atoms with Crippen LogP contribution in [0.3, 0.4) is 0 Å². The van der Waals surface area contributed by atoms with Gasteiger partial charge in [0, 0.05) is 30.3 Å². The minimum absolute atomic E-state index is 0.215. The molecule has 0 aromatic carbocycles. The van der Waals surface area contributed by atoms with E-state index in [1.165, 1.54) is 28.5 Å². The smallest absolute Gasteiger partial charge is 0.328 e. The van der Waals surface area contributed by atoms with Gasteiger partial charge in [-0.05, 0) is 12.1 Å². The van der Waals surface area contributed by atoms with Gasteiger partial charge < -0.3 is 10.0 Å². The summed E-state index contributed by atoms with van der Waals surface area (Å²) in [6.45, 7) is 0.376. The van der Waals surface area contributed by atoms with E-state index in [9.17, 15) is 9.59 Å². The van der Waals surface area contributed by atoms with Gasteiger partial charge in [0.25, 0.3) is 5.91 Å². The van der Waals surface area contributed by atoms with Gasteiger partial charge in [-0.3, -0.25) is 9.78 Å². The summed E-state index contributed by atoms with van der Waals surface area (Å²) < 4.78 is 0. The lowest BCUT2D eigenvalue weighted by Gasteiger charge is -2.16. The van der Waals surface area contributed by atoms with Crippen LogP contribution in [0.25, 0.3) is 6.08 Å². The predicted molar refractivity (Wildman–Crippen MR) is 78.8 cm³/mol. The van der Waals surface area contributed by atoms with E-state index in [1.807, 2.05) is 5.38 Å². The molecule has 0 atom stereocenters. The van der Waals surface area contributed by atoms with Crippen molar-refractivity contribution in [2.45, 2.75) is 6.54 Å². The first kappa shape index (κ1) is 14.9. The number of carboxylic acids is 1. The van der Waals surface area contributed by atoms with Crippen LogP contribution in [0.2, 0.25) is 0 Å². The number of amides is 1. The van der Waals surface area contributed by atoms with Gasteiger partial charge in [0.05, 0.1) is 17.7 Å². The fourth-order valence-electron chi connectivity index (χ4n) is 1.70. The Morgan fingerprint density at radius 2 is 2.24 bits per heavy atom. The van der Waals surface area contributed by atoms with E-state index < -0.39 is 5.97 Å². The summed E-state index contributed by atoms with van der Waals surface area (Å²) in [5.74, 6) is -1.36. The molecule has 0 saturated carbocycles. The standard InChI is InChI=1S/C14H13N3O3S/c1-17(7-11-8-21-9-16-11)14(20)13-10(3-2-6-15-13)4-5-12(18)19/h2-6,8-9H,7H2,1H3,(H,18,19)/b5-4+. The molecule has 7 heteroatoms. The molecule has 0 aliphatic carbocycles. The number of aromatic nitrogens is 2. The molecule has 2 aromatic rings. The topological polar surface area (TPSA) is 83.4 Å². The third kappa shape index (κ3) is 3.96. The number of hydrogen-bond donors (Lipinski definition) is 1. The van der Waals surface area contributed by atoms with Crippen LogP contribution in [0.15, 0.2) is 35.3 Å². The Morgan fingerprint density at radius 3 is 2.90 bits per heavy atom. The Kier molecular flexibility index (Phi) is 4.78. The fraction of sp³-hybridized carbons (Fsp3) is 0.143. The lowest BCUT2D eigenvalue weighted by molar-refractivity contribution is -0.131. The van der Waals surface area contributed by atoms with Crippen LogP contribution >= 0.6 is 11.3 Å². The van der Waals surface area contributed by atoms with Gasteiger partial charge >= 0.3 is 5.97 Å². The second kappa shape index (κ2) is 6.76. The minimum Gasteiger partial charge on any atom is -0.478 e. The molecule has 2 aromatic heterocycles. The molecular formula is C14H13N3O3S. The summed E-state index contributed by atoms with van der Waals surface area (Å²) in [5.41, 5.74) is 3.19. The number of rotatable bonds is 5. The van der Waals surface area contributed by atoms with Crippen molar-refractivity contribution >= 4 is 29.3 Å². The maximum Gasteiger partial charge on any atom is 0.328 e. The number of hydrogen-bond acceptors (Lipinski definition) is 5. The molecule has 6 nitrogen and oxygen atoms in total. The fourth-order valence-corrected chi connectivity index (χ4v) is 2.25. The summed E-state index contributed by atoms with van der Waals surface area (Å²) in [6.07, 6.45) is 3.84. The van der Waals surface area contributed by atoms with Crippen molar-refractivity contribution in [3.63, 3.8) is 0 Å². The lowest BCUT2D eigenvalue weighted by Crippen LogP contribution is -2.27. The number of thiazole rings is 1. The van der Waals surface area contributed by atoms with Crippen LogP contribution in [-0.4, -0.2) is 38.9 Å². The van der Waals surface area contributed by atoms with E-state index in [1.54, 1.807) is 24.7 Å². The Bertz CT molecular complexity index is 668. The van der Waals surface area contributed by atoms with Crippen LogP contribution in [0.1, 0.15) is 21.7 Å². The Morgan fingerprint density at radius 1 is 1.43 bits per heavy atom. The van der Waals surface area contributed by atoms with E-state index in [4.69, 9.17) is 5.11 Å². The highest BCUT2D eigenvalue weighted by molar-refractivity contribution is 7.07. The van der Waals surface area contributed by atoms with Crippen molar-refractivity contribution in [2.75, 3.05) is 7.05 Å². The third-order valence-corrected chi connectivity index (χ3v) is 3.31. The van der Waals surface area contributed by atoms with E-state index >= 15 is 0 Å². The zero-order valence-corrected chi connectivity index (χ0v) is 12.1. The molecule has 1 N–H and O–H groups in total. The molecule has 0 saturated heterocycles. The van der Waals surface area contributed by atoms with Gasteiger partial charge in [0.15, 0.2) is 0 Å². The molecule has 2 rings (SSSR count). The van der Waals surface area contributed by atoms with Gasteiger partial charge in [0.2, 0.25) is 0 Å². The number of carbonyl (C=O) groups excluding carboxylic acids is 1. The van der Waals surface area contributed by atoms with Crippen LogP contribution in [0, 0.1) is 0 Å². The lowest BCUT2D eigenvalue weighted by atomic mass is 10.1. The van der Waals surface area contributed by atoms with Crippen molar-refractivity contribution in [2.24, 2.45) is 0 Å². The maximum absolute atomic E-state index is 12.4. The first-order valence-electron chi connectivity index (χ1n) is 6.06. The van der Waals surface area contributed by atoms with Crippen LogP contribution in [0.4, 0.5) is 0 Å². The summed E-state index contributed by atoms with van der Waals surface area (Å²) in [5, 5.41) is 10.5. The van der Waals surface area contributed by atoms with Crippen LogP contribution in [0.5, 0.6) is 0 Å². The molecule has 0 radical (unpaired) electrons. The first-order valence-corrected chi connectivity index (χ1v) is 7.00. The van der Waals surface area contributed by atoms with Gasteiger partial charge in [-0.2, -0.15) is 0 Å². The molecule has 1 amide bonds. The average Bonchev–Trinajstić information content (AvgIpc) is 2.97. The molecule has 0 aliphatic rings. The number of nitrogens with zero attached hydrogens (tertiary/aromatic N) is 3. The number of carboxylic acid groups (broad SMARTS) is 1. The average molecular weight is 303 g/mol. The summed E-state index contributed by atoms with van der Waals surface area (Å²) in [7, 11) is 1.65. The summed E-state index contributed by atoms with van der Waals surface area (Å²) >= 11 is 1.46. The van der Waals surface area contributed by atoms with Crippen LogP contribution in [-0.2, 0) is 11.3 Å². The molecule has 0 fully saturated rings. The van der Waals surface area contributed by atoms with Gasteiger partial charge in [0.1, 0.15) is 5.69 Å². The zero-order valence-electron chi connectivity index (χ0n) is 11.3. The summed E-state index contributed by atoms with van der Waals surface area (Å²) in [6, 6.07) is 3.30. The number of pyridine rings is 1. The Balaban J connectivity index is 2.20. The molecule has 0 unspecified atom stereocenters. The van der Waals surface area contributed by atoms with Gasteiger partial charge in [-0.15, -0.1) is 11.3 Å². The Hall–Kier alpha value is -2.54. The van der Waals surface area contributed by atoms with E-state index in [0.29, 0.717) is 12.1 Å². The van der Waals surface area contributed by atoms with Crippen molar-refractivity contribution in [1.82, 2.24) is 14.9 Å². The highest BCUT2D eigenvalue weighted by Crippen LogP contribution is 2.12. The van der Waals surface area contributed by atoms with E-state index in [0.717, 1.165) is 11.8 Å². The zero-order chi connectivity index (χ0) is 15.2. The molecule has 2 heterocycles. The molecule has 21 heavy (non-hydrogen) atoms. The van der Waals surface area contributed by atoms with Crippen molar-refractivity contribution in [1.29, 1.82) is 0 Å². The summed E-state index contributed by atoms with van der Waals surface area (Å²) in [4.78, 5) is 32.7. The predicted octanol–water partition coefficient (Wildman–Crippen LogP) is 1.91. The monoisotopic (exact) mass is 303 g/mol. The third-order valence-electron chi connectivity index (χ3n) is 2.68. The number of carbonyl (C=O) groups is 2. The van der Waals surface area contributed by atoms with E-state index in [2.05, 4.69) is 9.97 Å². The molecule has 0 aliphatic heterocycles. The highest BCUT2D eigenvalue weighted by atomic mass is 32.1. The quantitative estimate of drug-likeness (QED) is 0.853.